The molecule has 0 aliphatic rings. The third-order valence-corrected chi connectivity index (χ3v) is 8.50. The van der Waals surface area contributed by atoms with Crippen LogP contribution in [0.1, 0.15) is 41.1 Å². The van der Waals surface area contributed by atoms with E-state index in [1.54, 1.807) is 73.7 Å². The average Bonchev–Trinajstić information content (AvgIpc) is 3.18. The van der Waals surface area contributed by atoms with Crippen LogP contribution in [0.4, 0.5) is 0 Å². The fourth-order valence-electron chi connectivity index (χ4n) is 5.66. The van der Waals surface area contributed by atoms with Crippen LogP contribution in [0.25, 0.3) is 11.0 Å². The molecule has 0 fully saturated rings. The van der Waals surface area contributed by atoms with Gasteiger partial charge in [-0.1, -0.05) is 60.7 Å². The van der Waals surface area contributed by atoms with E-state index in [-0.39, 0.29) is 43.4 Å². The summed E-state index contributed by atoms with van der Waals surface area (Å²) in [4.78, 5) is 88.2. The summed E-state index contributed by atoms with van der Waals surface area (Å²) < 4.78 is 16.1. The first kappa shape index (κ1) is 41.1. The monoisotopic (exact) mass is 757 g/mol. The van der Waals surface area contributed by atoms with Crippen LogP contribution in [0.2, 0.25) is 0 Å². The van der Waals surface area contributed by atoms with E-state index in [0.717, 1.165) is 5.56 Å². The van der Waals surface area contributed by atoms with Crippen LogP contribution in [0.3, 0.4) is 0 Å². The van der Waals surface area contributed by atoms with Crippen molar-refractivity contribution in [3.8, 4) is 11.5 Å². The smallest absolute Gasteiger partial charge is 0.340 e. The molecule has 0 saturated heterocycles. The summed E-state index contributed by atoms with van der Waals surface area (Å²) in [5.74, 6) is -3.46. The van der Waals surface area contributed by atoms with E-state index in [0.29, 0.717) is 28.0 Å². The van der Waals surface area contributed by atoms with Gasteiger partial charge < -0.3 is 45.6 Å². The fraction of sp³-hybridized carbons (Fsp3) is 0.308. The largest absolute Gasteiger partial charge is 0.496 e. The van der Waals surface area contributed by atoms with Crippen molar-refractivity contribution in [1.82, 2.24) is 26.6 Å². The van der Waals surface area contributed by atoms with E-state index < -0.39 is 66.3 Å². The fourth-order valence-corrected chi connectivity index (χ4v) is 5.66. The first-order valence-corrected chi connectivity index (χ1v) is 17.3. The van der Waals surface area contributed by atoms with Gasteiger partial charge in [0.1, 0.15) is 23.1 Å². The SMILES string of the molecule is COc1cc(OC)c2c(C)c(CC(=O)NCC(=O)NCC(=O)NC(Cc3ccccc3)C(=O)NCCCC(=O)NC(C(=O)O)c3ccccc3)c(=O)oc2c1. The molecule has 0 saturated carbocycles. The first-order chi connectivity index (χ1) is 26.4. The van der Waals surface area contributed by atoms with Gasteiger partial charge in [-0.05, 0) is 30.0 Å². The van der Waals surface area contributed by atoms with Gasteiger partial charge in [-0.15, -0.1) is 0 Å². The molecule has 4 rings (SSSR count). The minimum absolute atomic E-state index is 0.0607. The lowest BCUT2D eigenvalue weighted by Crippen LogP contribution is -2.51. The van der Waals surface area contributed by atoms with E-state index in [4.69, 9.17) is 13.9 Å². The molecule has 0 aliphatic carbocycles. The lowest BCUT2D eigenvalue weighted by atomic mass is 10.0. The molecule has 1 heterocycles. The number of benzene rings is 3. The van der Waals surface area contributed by atoms with Gasteiger partial charge in [-0.2, -0.15) is 0 Å². The van der Waals surface area contributed by atoms with Crippen molar-refractivity contribution >= 4 is 46.5 Å². The number of aliphatic carboxylic acids is 1. The second-order valence-corrected chi connectivity index (χ2v) is 12.4. The number of fused-ring (bicyclic) bond motifs is 1. The van der Waals surface area contributed by atoms with E-state index in [9.17, 15) is 38.7 Å². The number of carboxylic acid groups (broad SMARTS) is 1. The van der Waals surface area contributed by atoms with E-state index >= 15 is 0 Å². The molecular weight excluding hydrogens is 714 g/mol. The summed E-state index contributed by atoms with van der Waals surface area (Å²) in [5.41, 5.74) is 1.21. The molecule has 0 spiro atoms. The third kappa shape index (κ3) is 11.9. The summed E-state index contributed by atoms with van der Waals surface area (Å²) in [6.45, 7) is 0.717. The van der Waals surface area contributed by atoms with E-state index in [1.165, 1.54) is 20.3 Å². The topological polar surface area (TPSA) is 231 Å². The summed E-state index contributed by atoms with van der Waals surface area (Å²) >= 11 is 0. The van der Waals surface area contributed by atoms with Crippen molar-refractivity contribution < 1.29 is 47.8 Å². The van der Waals surface area contributed by atoms with Crippen LogP contribution in [-0.4, -0.2) is 80.5 Å². The molecular formula is C39H43N5O11. The van der Waals surface area contributed by atoms with Crippen molar-refractivity contribution in [3.63, 3.8) is 0 Å². The van der Waals surface area contributed by atoms with Gasteiger partial charge in [0, 0.05) is 31.5 Å². The van der Waals surface area contributed by atoms with Crippen LogP contribution >= 0.6 is 0 Å². The van der Waals surface area contributed by atoms with Crippen molar-refractivity contribution in [2.75, 3.05) is 33.9 Å². The van der Waals surface area contributed by atoms with E-state index in [1.807, 2.05) is 0 Å². The van der Waals surface area contributed by atoms with Crippen LogP contribution in [0.15, 0.2) is 82.0 Å². The van der Waals surface area contributed by atoms with Gasteiger partial charge in [0.25, 0.3) is 0 Å². The number of nitrogens with one attached hydrogen (secondary N) is 5. The highest BCUT2D eigenvalue weighted by molar-refractivity contribution is 5.93. The number of hydrogen-bond donors (Lipinski definition) is 6. The standard InChI is InChI=1S/C39H43N5O11/c1-23-27(39(52)55-30-19-26(53-2)18-29(54-3)35(23)30)20-32(46)41-21-33(47)42-22-34(48)43-28(17-24-11-6-4-7-12-24)37(49)40-16-10-15-31(45)44-36(38(50)51)25-13-8-5-9-14-25/h4-9,11-14,18-19,28,36H,10,15-17,20-22H2,1-3H3,(H,40,49)(H,41,46)(H,42,47)(H,43,48)(H,44,45)(H,50,51). The van der Waals surface area contributed by atoms with Crippen molar-refractivity contribution in [3.05, 3.63) is 105 Å². The zero-order chi connectivity index (χ0) is 39.9. The number of carbonyl (C=O) groups excluding carboxylic acids is 5. The van der Waals surface area contributed by atoms with Gasteiger partial charge in [0.2, 0.25) is 29.5 Å². The maximum Gasteiger partial charge on any atom is 0.340 e. The molecule has 0 radical (unpaired) electrons. The summed E-state index contributed by atoms with van der Waals surface area (Å²) in [5, 5.41) is 22.6. The lowest BCUT2D eigenvalue weighted by molar-refractivity contribution is -0.142. The highest BCUT2D eigenvalue weighted by atomic mass is 16.5. The number of hydrogen-bond acceptors (Lipinski definition) is 10. The maximum atomic E-state index is 13.1. The molecule has 2 unspecified atom stereocenters. The minimum Gasteiger partial charge on any atom is -0.496 e. The molecule has 2 atom stereocenters. The molecule has 290 valence electrons. The van der Waals surface area contributed by atoms with Crippen LogP contribution in [-0.2, 0) is 41.6 Å². The number of carboxylic acids is 1. The molecule has 55 heavy (non-hydrogen) atoms. The van der Waals surface area contributed by atoms with E-state index in [2.05, 4.69) is 26.6 Å². The Kier molecular flexibility index (Phi) is 14.9. The van der Waals surface area contributed by atoms with Gasteiger partial charge in [0.05, 0.1) is 44.7 Å². The number of carbonyl (C=O) groups is 6. The molecule has 16 nitrogen and oxygen atoms in total. The second kappa shape index (κ2) is 19.9. The number of amides is 5. The Hall–Kier alpha value is -6.71. The summed E-state index contributed by atoms with van der Waals surface area (Å²) in [6.07, 6.45) is -0.123. The van der Waals surface area contributed by atoms with Crippen molar-refractivity contribution in [2.24, 2.45) is 0 Å². The number of ether oxygens (including phenoxy) is 2. The van der Waals surface area contributed by atoms with Gasteiger partial charge >= 0.3 is 11.6 Å². The molecule has 3 aromatic carbocycles. The van der Waals surface area contributed by atoms with Crippen molar-refractivity contribution in [1.29, 1.82) is 0 Å². The summed E-state index contributed by atoms with van der Waals surface area (Å²) in [7, 11) is 2.91. The Bertz CT molecular complexity index is 2070. The second-order valence-electron chi connectivity index (χ2n) is 12.4. The molecule has 16 heteroatoms. The van der Waals surface area contributed by atoms with Gasteiger partial charge in [0.15, 0.2) is 6.04 Å². The Morgan fingerprint density at radius 1 is 0.782 bits per heavy atom. The highest BCUT2D eigenvalue weighted by Crippen LogP contribution is 2.33. The van der Waals surface area contributed by atoms with Gasteiger partial charge in [-0.25, -0.2) is 9.59 Å². The predicted octanol–water partition coefficient (Wildman–Crippen LogP) is 1.46. The van der Waals surface area contributed by atoms with Crippen LogP contribution < -0.4 is 41.7 Å². The molecule has 4 aromatic rings. The van der Waals surface area contributed by atoms with Gasteiger partial charge in [-0.3, -0.25) is 24.0 Å². The molecule has 1 aromatic heterocycles. The van der Waals surface area contributed by atoms with Crippen LogP contribution in [0, 0.1) is 6.92 Å². The molecule has 5 amide bonds. The Labute approximate surface area is 316 Å². The highest BCUT2D eigenvalue weighted by Gasteiger charge is 2.24. The molecule has 0 aliphatic heterocycles. The average molecular weight is 758 g/mol. The quantitative estimate of drug-likeness (QED) is 0.0592. The first-order valence-electron chi connectivity index (χ1n) is 17.3. The molecule has 0 bridgehead atoms. The Balaban J connectivity index is 1.26. The number of aryl methyl sites for hydroxylation is 1. The zero-order valence-corrected chi connectivity index (χ0v) is 30.6. The Morgan fingerprint density at radius 2 is 1.44 bits per heavy atom. The van der Waals surface area contributed by atoms with Crippen LogP contribution in [0.5, 0.6) is 11.5 Å². The third-order valence-electron chi connectivity index (χ3n) is 8.50. The minimum atomic E-state index is -1.22. The predicted molar refractivity (Wildman–Crippen MR) is 199 cm³/mol. The van der Waals surface area contributed by atoms with Crippen molar-refractivity contribution in [2.45, 2.75) is 44.7 Å². The summed E-state index contributed by atoms with van der Waals surface area (Å²) in [6, 6.07) is 18.1. The lowest BCUT2D eigenvalue weighted by Gasteiger charge is -2.19. The Morgan fingerprint density at radius 3 is 2.09 bits per heavy atom. The number of rotatable bonds is 19. The zero-order valence-electron chi connectivity index (χ0n) is 30.6. The normalized spacial score (nSPS) is 11.8. The molecule has 6 N–H and O–H groups in total. The number of methoxy groups -OCH3 is 2. The maximum absolute atomic E-state index is 13.1.